The zero-order valence-electron chi connectivity index (χ0n) is 12.5. The van der Waals surface area contributed by atoms with Crippen LogP contribution in [0.25, 0.3) is 11.0 Å². The first-order valence-electron chi connectivity index (χ1n) is 7.52. The number of carboxylic acid groups (broad SMARTS) is 1. The molecule has 1 aromatic carbocycles. The van der Waals surface area contributed by atoms with Gasteiger partial charge in [0.05, 0.1) is 22.5 Å². The summed E-state index contributed by atoms with van der Waals surface area (Å²) in [7, 11) is 0. The van der Waals surface area contributed by atoms with Crippen molar-refractivity contribution in [1.29, 1.82) is 0 Å². The quantitative estimate of drug-likeness (QED) is 0.759. The number of ether oxygens (including phenoxy) is 1. The molecule has 7 heteroatoms. The Morgan fingerprint density at radius 1 is 1.26 bits per heavy atom. The van der Waals surface area contributed by atoms with Crippen LogP contribution < -0.4 is 12.4 Å². The standard InChI is InChI=1S/C16H18N2O4.ClH/c19-15(20)11-6-7-12-13(8-11)18-14(17-12)9-22-16(21)10-4-2-1-3-5-10;/h6-8,10H,1-5,9H2,(H,17,18)(H,19,20);1H/p-1. The predicted octanol–water partition coefficient (Wildman–Crippen LogP) is -0.111. The van der Waals surface area contributed by atoms with Gasteiger partial charge in [-0.05, 0) is 31.0 Å². The zero-order chi connectivity index (χ0) is 15.5. The number of imidazole rings is 1. The van der Waals surface area contributed by atoms with Gasteiger partial charge in [-0.2, -0.15) is 0 Å². The number of aromatic nitrogens is 2. The van der Waals surface area contributed by atoms with E-state index in [0.717, 1.165) is 25.7 Å². The monoisotopic (exact) mass is 337 g/mol. The molecule has 0 spiro atoms. The fraction of sp³-hybridized carbons (Fsp3) is 0.438. The van der Waals surface area contributed by atoms with Gasteiger partial charge in [0, 0.05) is 0 Å². The number of rotatable bonds is 4. The molecule has 0 unspecified atom stereocenters. The van der Waals surface area contributed by atoms with Crippen LogP contribution in [0.4, 0.5) is 0 Å². The average molecular weight is 338 g/mol. The van der Waals surface area contributed by atoms with E-state index in [9.17, 15) is 9.59 Å². The van der Waals surface area contributed by atoms with E-state index in [0.29, 0.717) is 16.9 Å². The minimum absolute atomic E-state index is 0. The van der Waals surface area contributed by atoms with Gasteiger partial charge in [-0.25, -0.2) is 9.78 Å². The second kappa shape index (κ2) is 7.46. The summed E-state index contributed by atoms with van der Waals surface area (Å²) < 4.78 is 5.33. The van der Waals surface area contributed by atoms with Crippen LogP contribution >= 0.6 is 0 Å². The molecule has 1 heterocycles. The van der Waals surface area contributed by atoms with Crippen LogP contribution in [0.3, 0.4) is 0 Å². The zero-order valence-corrected chi connectivity index (χ0v) is 13.3. The number of benzene rings is 1. The van der Waals surface area contributed by atoms with Crippen molar-refractivity contribution in [2.75, 3.05) is 0 Å². The number of carboxylic acids is 1. The number of aromatic amines is 1. The van der Waals surface area contributed by atoms with E-state index in [1.165, 1.54) is 18.6 Å². The summed E-state index contributed by atoms with van der Waals surface area (Å²) in [5, 5.41) is 8.97. The van der Waals surface area contributed by atoms with Crippen LogP contribution in [0.2, 0.25) is 0 Å². The van der Waals surface area contributed by atoms with E-state index < -0.39 is 5.97 Å². The lowest BCUT2D eigenvalue weighted by Crippen LogP contribution is -3.00. The molecule has 2 N–H and O–H groups in total. The van der Waals surface area contributed by atoms with Crippen molar-refractivity contribution < 1.29 is 31.8 Å². The highest BCUT2D eigenvalue weighted by Crippen LogP contribution is 2.25. The Kier molecular flexibility index (Phi) is 5.60. The van der Waals surface area contributed by atoms with Crippen LogP contribution in [0.1, 0.15) is 48.3 Å². The number of carbonyl (C=O) groups excluding carboxylic acids is 1. The summed E-state index contributed by atoms with van der Waals surface area (Å²) in [5.41, 5.74) is 1.49. The van der Waals surface area contributed by atoms with Gasteiger partial charge < -0.3 is 27.2 Å². The molecular formula is C16H18ClN2O4-. The number of hydrogen-bond acceptors (Lipinski definition) is 4. The highest BCUT2D eigenvalue weighted by atomic mass is 35.5. The van der Waals surface area contributed by atoms with Crippen LogP contribution in [-0.4, -0.2) is 27.0 Å². The maximum absolute atomic E-state index is 12.0. The third-order valence-electron chi connectivity index (χ3n) is 4.07. The van der Waals surface area contributed by atoms with Crippen molar-refractivity contribution in [3.8, 4) is 0 Å². The van der Waals surface area contributed by atoms with E-state index in [2.05, 4.69) is 9.97 Å². The fourth-order valence-corrected chi connectivity index (χ4v) is 2.86. The molecule has 0 saturated heterocycles. The normalized spacial score (nSPS) is 15.1. The maximum Gasteiger partial charge on any atom is 0.335 e. The molecule has 1 fully saturated rings. The average Bonchev–Trinajstić information content (AvgIpc) is 2.95. The Hall–Kier alpha value is -2.08. The molecule has 0 radical (unpaired) electrons. The van der Waals surface area contributed by atoms with E-state index in [1.54, 1.807) is 6.07 Å². The first kappa shape index (κ1) is 17.3. The number of nitrogens with zero attached hydrogens (tertiary/aromatic N) is 1. The van der Waals surface area contributed by atoms with Gasteiger partial charge in [0.25, 0.3) is 0 Å². The maximum atomic E-state index is 12.0. The number of fused-ring (bicyclic) bond motifs is 1. The van der Waals surface area contributed by atoms with Crippen LogP contribution in [-0.2, 0) is 16.1 Å². The first-order chi connectivity index (χ1) is 10.6. The highest BCUT2D eigenvalue weighted by Gasteiger charge is 2.22. The van der Waals surface area contributed by atoms with Crippen molar-refractivity contribution in [2.24, 2.45) is 5.92 Å². The number of carbonyl (C=O) groups is 2. The Morgan fingerprint density at radius 3 is 2.70 bits per heavy atom. The van der Waals surface area contributed by atoms with Gasteiger partial charge in [-0.3, -0.25) is 4.79 Å². The van der Waals surface area contributed by atoms with Crippen molar-refractivity contribution in [2.45, 2.75) is 38.7 Å². The Balaban J connectivity index is 0.00000192. The molecule has 0 bridgehead atoms. The van der Waals surface area contributed by atoms with Crippen molar-refractivity contribution in [3.05, 3.63) is 29.6 Å². The van der Waals surface area contributed by atoms with Crippen LogP contribution in [0.5, 0.6) is 0 Å². The molecule has 0 atom stereocenters. The van der Waals surface area contributed by atoms with Crippen molar-refractivity contribution in [1.82, 2.24) is 9.97 Å². The number of nitrogens with one attached hydrogen (secondary N) is 1. The van der Waals surface area contributed by atoms with Crippen molar-refractivity contribution >= 4 is 23.0 Å². The summed E-state index contributed by atoms with van der Waals surface area (Å²) in [6.07, 6.45) is 5.17. The lowest BCUT2D eigenvalue weighted by atomic mass is 9.89. The second-order valence-electron chi connectivity index (χ2n) is 5.66. The first-order valence-corrected chi connectivity index (χ1v) is 7.52. The van der Waals surface area contributed by atoms with Gasteiger partial charge >= 0.3 is 11.9 Å². The molecule has 0 aliphatic heterocycles. The highest BCUT2D eigenvalue weighted by molar-refractivity contribution is 5.92. The number of esters is 1. The fourth-order valence-electron chi connectivity index (χ4n) is 2.86. The van der Waals surface area contributed by atoms with Gasteiger partial charge in [0.15, 0.2) is 0 Å². The van der Waals surface area contributed by atoms with Gasteiger partial charge in [0.2, 0.25) is 0 Å². The predicted molar refractivity (Wildman–Crippen MR) is 79.4 cm³/mol. The molecule has 1 aliphatic carbocycles. The number of hydrogen-bond donors (Lipinski definition) is 2. The van der Waals surface area contributed by atoms with E-state index in [4.69, 9.17) is 9.84 Å². The molecule has 1 saturated carbocycles. The van der Waals surface area contributed by atoms with E-state index >= 15 is 0 Å². The lowest BCUT2D eigenvalue weighted by molar-refractivity contribution is -0.151. The van der Waals surface area contributed by atoms with Gasteiger partial charge in [-0.1, -0.05) is 19.3 Å². The van der Waals surface area contributed by atoms with Gasteiger partial charge in [0.1, 0.15) is 12.4 Å². The Bertz CT molecular complexity index is 707. The summed E-state index contributed by atoms with van der Waals surface area (Å²) >= 11 is 0. The Labute approximate surface area is 139 Å². The molecule has 3 rings (SSSR count). The van der Waals surface area contributed by atoms with Crippen molar-refractivity contribution in [3.63, 3.8) is 0 Å². The third-order valence-corrected chi connectivity index (χ3v) is 4.07. The minimum Gasteiger partial charge on any atom is -1.00 e. The van der Waals surface area contributed by atoms with E-state index in [1.807, 2.05) is 0 Å². The molecule has 23 heavy (non-hydrogen) atoms. The summed E-state index contributed by atoms with van der Waals surface area (Å²) in [6.45, 7) is 0.0897. The smallest absolute Gasteiger partial charge is 0.335 e. The number of H-pyrrole nitrogens is 1. The summed E-state index contributed by atoms with van der Waals surface area (Å²) in [4.78, 5) is 30.2. The van der Waals surface area contributed by atoms with Gasteiger partial charge in [-0.15, -0.1) is 0 Å². The lowest BCUT2D eigenvalue weighted by Gasteiger charge is -2.19. The molecule has 1 aromatic heterocycles. The SMILES string of the molecule is O=C(O)c1ccc2nc(COC(=O)C3CCCCC3)[nH]c2c1.[Cl-]. The molecule has 6 nitrogen and oxygen atoms in total. The van der Waals surface area contributed by atoms with E-state index in [-0.39, 0.29) is 36.5 Å². The topological polar surface area (TPSA) is 92.3 Å². The Morgan fingerprint density at radius 2 is 2.00 bits per heavy atom. The number of aromatic carboxylic acids is 1. The molecule has 2 aromatic rings. The third kappa shape index (κ3) is 4.01. The number of halogens is 1. The summed E-state index contributed by atoms with van der Waals surface area (Å²) in [6, 6.07) is 4.67. The molecule has 0 amide bonds. The summed E-state index contributed by atoms with van der Waals surface area (Å²) in [5.74, 6) is -0.605. The molecular weight excluding hydrogens is 320 g/mol. The van der Waals surface area contributed by atoms with Crippen LogP contribution in [0, 0.1) is 5.92 Å². The largest absolute Gasteiger partial charge is 1.00 e. The minimum atomic E-state index is -0.984. The molecule has 1 aliphatic rings. The van der Waals surface area contributed by atoms with Crippen LogP contribution in [0.15, 0.2) is 18.2 Å². The second-order valence-corrected chi connectivity index (χ2v) is 5.66. The molecule has 124 valence electrons.